The molecule has 2 aliphatic carbocycles. The molecule has 3 unspecified atom stereocenters. The second-order valence-electron chi connectivity index (χ2n) is 6.21. The summed E-state index contributed by atoms with van der Waals surface area (Å²) in [5, 5.41) is 3.26. The van der Waals surface area contributed by atoms with E-state index in [4.69, 9.17) is 5.73 Å². The summed E-state index contributed by atoms with van der Waals surface area (Å²) in [4.78, 5) is 12.5. The van der Waals surface area contributed by atoms with Gasteiger partial charge in [0.15, 0.2) is 0 Å². The monoisotopic (exact) mass is 272 g/mol. The molecule has 0 heterocycles. The Morgan fingerprint density at radius 3 is 2.75 bits per heavy atom. The van der Waals surface area contributed by atoms with E-state index < -0.39 is 0 Å². The van der Waals surface area contributed by atoms with Crippen LogP contribution in [0.5, 0.6) is 0 Å². The number of rotatable bonds is 2. The van der Waals surface area contributed by atoms with Crippen LogP contribution in [-0.2, 0) is 11.2 Å². The van der Waals surface area contributed by atoms with E-state index in [0.29, 0.717) is 0 Å². The van der Waals surface area contributed by atoms with Crippen LogP contribution in [0, 0.1) is 5.92 Å². The predicted octanol–water partition coefficient (Wildman–Crippen LogP) is 2.70. The van der Waals surface area contributed by atoms with Gasteiger partial charge in [0.05, 0.1) is 12.0 Å². The Kier molecular flexibility index (Phi) is 4.06. The van der Waals surface area contributed by atoms with E-state index in [1.807, 2.05) is 0 Å². The second-order valence-corrected chi connectivity index (χ2v) is 6.21. The Morgan fingerprint density at radius 2 is 1.90 bits per heavy atom. The summed E-state index contributed by atoms with van der Waals surface area (Å²) in [5.41, 5.74) is 8.81. The number of hydrogen-bond donors (Lipinski definition) is 2. The third-order valence-electron chi connectivity index (χ3n) is 4.84. The molecule has 0 aliphatic heterocycles. The SMILES string of the molecule is NC1CCCCC1C(=O)NC1CCCc2ccccc21. The number of carbonyl (C=O) groups is 1. The molecule has 2 aliphatic rings. The van der Waals surface area contributed by atoms with E-state index in [9.17, 15) is 4.79 Å². The first kappa shape index (κ1) is 13.6. The Morgan fingerprint density at radius 1 is 1.10 bits per heavy atom. The number of carbonyl (C=O) groups excluding carboxylic acids is 1. The van der Waals surface area contributed by atoms with Gasteiger partial charge in [0.25, 0.3) is 0 Å². The summed E-state index contributed by atoms with van der Waals surface area (Å²) in [6.07, 6.45) is 7.56. The molecule has 3 heteroatoms. The molecule has 108 valence electrons. The highest BCUT2D eigenvalue weighted by atomic mass is 16.2. The fourth-order valence-electron chi connectivity index (χ4n) is 3.67. The van der Waals surface area contributed by atoms with Gasteiger partial charge in [-0.05, 0) is 43.2 Å². The van der Waals surface area contributed by atoms with Crippen molar-refractivity contribution in [3.8, 4) is 0 Å². The van der Waals surface area contributed by atoms with Gasteiger partial charge in [0.2, 0.25) is 5.91 Å². The summed E-state index contributed by atoms with van der Waals surface area (Å²) in [5.74, 6) is 0.178. The average molecular weight is 272 g/mol. The standard InChI is InChI=1S/C17H24N2O/c18-15-10-4-3-9-14(15)17(20)19-16-11-5-7-12-6-1-2-8-13(12)16/h1-2,6,8,14-16H,3-5,7,9-11,18H2,(H,19,20). The van der Waals surface area contributed by atoms with Gasteiger partial charge in [-0.2, -0.15) is 0 Å². The van der Waals surface area contributed by atoms with Crippen molar-refractivity contribution in [1.82, 2.24) is 5.32 Å². The highest BCUT2D eigenvalue weighted by molar-refractivity contribution is 5.80. The van der Waals surface area contributed by atoms with Gasteiger partial charge in [-0.25, -0.2) is 0 Å². The van der Waals surface area contributed by atoms with E-state index in [-0.39, 0.29) is 23.9 Å². The molecule has 3 atom stereocenters. The molecular weight excluding hydrogens is 248 g/mol. The lowest BCUT2D eigenvalue weighted by molar-refractivity contribution is -0.127. The van der Waals surface area contributed by atoms with Crippen molar-refractivity contribution in [2.75, 3.05) is 0 Å². The van der Waals surface area contributed by atoms with Crippen LogP contribution in [0.15, 0.2) is 24.3 Å². The van der Waals surface area contributed by atoms with Gasteiger partial charge >= 0.3 is 0 Å². The number of benzene rings is 1. The van der Waals surface area contributed by atoms with Crippen LogP contribution in [0.2, 0.25) is 0 Å². The number of aryl methyl sites for hydroxylation is 1. The molecule has 1 aromatic rings. The summed E-state index contributed by atoms with van der Waals surface area (Å²) < 4.78 is 0. The molecule has 0 radical (unpaired) electrons. The molecule has 0 spiro atoms. The van der Waals surface area contributed by atoms with E-state index in [0.717, 1.165) is 44.9 Å². The van der Waals surface area contributed by atoms with Crippen molar-refractivity contribution >= 4 is 5.91 Å². The number of amides is 1. The maximum Gasteiger partial charge on any atom is 0.225 e. The molecule has 1 fully saturated rings. The molecule has 0 aromatic heterocycles. The maximum atomic E-state index is 12.5. The molecule has 3 N–H and O–H groups in total. The fourth-order valence-corrected chi connectivity index (χ4v) is 3.67. The van der Waals surface area contributed by atoms with Crippen molar-refractivity contribution in [2.45, 2.75) is 57.0 Å². The summed E-state index contributed by atoms with van der Waals surface area (Å²) in [6.45, 7) is 0. The number of nitrogens with one attached hydrogen (secondary N) is 1. The third kappa shape index (κ3) is 2.73. The molecule has 1 saturated carbocycles. The van der Waals surface area contributed by atoms with E-state index in [1.165, 1.54) is 11.1 Å². The van der Waals surface area contributed by atoms with E-state index >= 15 is 0 Å². The molecule has 3 rings (SSSR count). The minimum absolute atomic E-state index is 0.0119. The highest BCUT2D eigenvalue weighted by Gasteiger charge is 2.30. The Balaban J connectivity index is 1.70. The van der Waals surface area contributed by atoms with Crippen LogP contribution in [-0.4, -0.2) is 11.9 Å². The minimum Gasteiger partial charge on any atom is -0.349 e. The second kappa shape index (κ2) is 5.96. The van der Waals surface area contributed by atoms with Crippen molar-refractivity contribution < 1.29 is 4.79 Å². The van der Waals surface area contributed by atoms with Crippen molar-refractivity contribution in [3.05, 3.63) is 35.4 Å². The van der Waals surface area contributed by atoms with E-state index in [1.54, 1.807) is 0 Å². The summed E-state index contributed by atoms with van der Waals surface area (Å²) in [6, 6.07) is 8.71. The molecule has 1 aromatic carbocycles. The van der Waals surface area contributed by atoms with Gasteiger partial charge in [-0.1, -0.05) is 37.1 Å². The number of hydrogen-bond acceptors (Lipinski definition) is 2. The first-order valence-corrected chi connectivity index (χ1v) is 7.89. The van der Waals surface area contributed by atoms with Crippen molar-refractivity contribution in [1.29, 1.82) is 0 Å². The van der Waals surface area contributed by atoms with Crippen LogP contribution in [0.1, 0.15) is 55.7 Å². The molecule has 0 bridgehead atoms. The predicted molar refractivity (Wildman–Crippen MR) is 80.2 cm³/mol. The van der Waals surface area contributed by atoms with Crippen molar-refractivity contribution in [3.63, 3.8) is 0 Å². The van der Waals surface area contributed by atoms with Crippen LogP contribution in [0.4, 0.5) is 0 Å². The van der Waals surface area contributed by atoms with Gasteiger partial charge in [0.1, 0.15) is 0 Å². The lowest BCUT2D eigenvalue weighted by Crippen LogP contribution is -2.45. The topological polar surface area (TPSA) is 55.1 Å². The maximum absolute atomic E-state index is 12.5. The van der Waals surface area contributed by atoms with E-state index in [2.05, 4.69) is 29.6 Å². The lowest BCUT2D eigenvalue weighted by Gasteiger charge is -2.31. The zero-order valence-electron chi connectivity index (χ0n) is 12.0. The Bertz CT molecular complexity index is 486. The fraction of sp³-hybridized carbons (Fsp3) is 0.588. The van der Waals surface area contributed by atoms with Gasteiger partial charge in [-0.15, -0.1) is 0 Å². The van der Waals surface area contributed by atoms with Gasteiger partial charge < -0.3 is 11.1 Å². The van der Waals surface area contributed by atoms with Crippen LogP contribution in [0.25, 0.3) is 0 Å². The molecule has 1 amide bonds. The lowest BCUT2D eigenvalue weighted by atomic mass is 9.83. The van der Waals surface area contributed by atoms with Gasteiger partial charge in [-0.3, -0.25) is 4.79 Å². The van der Waals surface area contributed by atoms with Crippen LogP contribution in [0.3, 0.4) is 0 Å². The smallest absolute Gasteiger partial charge is 0.225 e. The van der Waals surface area contributed by atoms with Crippen LogP contribution < -0.4 is 11.1 Å². The summed E-state index contributed by atoms with van der Waals surface area (Å²) in [7, 11) is 0. The average Bonchev–Trinajstić information content (AvgIpc) is 2.48. The molecule has 0 saturated heterocycles. The molecule has 20 heavy (non-hydrogen) atoms. The largest absolute Gasteiger partial charge is 0.349 e. The van der Waals surface area contributed by atoms with Crippen molar-refractivity contribution in [2.24, 2.45) is 11.7 Å². The van der Waals surface area contributed by atoms with Crippen LogP contribution >= 0.6 is 0 Å². The summed E-state index contributed by atoms with van der Waals surface area (Å²) >= 11 is 0. The van der Waals surface area contributed by atoms with Gasteiger partial charge in [0, 0.05) is 6.04 Å². The molecule has 3 nitrogen and oxygen atoms in total. The first-order chi connectivity index (χ1) is 9.75. The normalized spacial score (nSPS) is 29.6. The zero-order valence-corrected chi connectivity index (χ0v) is 12.0. The quantitative estimate of drug-likeness (QED) is 0.869. The minimum atomic E-state index is 0.0119. The zero-order chi connectivity index (χ0) is 13.9. The highest BCUT2D eigenvalue weighted by Crippen LogP contribution is 2.31. The first-order valence-electron chi connectivity index (χ1n) is 7.89. The number of nitrogens with two attached hydrogens (primary N) is 1. The number of fused-ring (bicyclic) bond motifs is 1. The Labute approximate surface area is 120 Å². The Hall–Kier alpha value is -1.35. The molecular formula is C17H24N2O. The third-order valence-corrected chi connectivity index (χ3v) is 4.84.